The van der Waals surface area contributed by atoms with Gasteiger partial charge in [0, 0.05) is 37.4 Å². The van der Waals surface area contributed by atoms with Crippen LogP contribution in [-0.4, -0.2) is 21.1 Å². The van der Waals surface area contributed by atoms with Crippen molar-refractivity contribution in [1.29, 1.82) is 0 Å². The Morgan fingerprint density at radius 1 is 1.26 bits per heavy atom. The van der Waals surface area contributed by atoms with Gasteiger partial charge < -0.3 is 9.88 Å². The summed E-state index contributed by atoms with van der Waals surface area (Å²) >= 11 is 0. The SMILES string of the molecule is CC(C)c1cncn1CCCNCc1cccnc1. The predicted octanol–water partition coefficient (Wildman–Crippen LogP) is 2.58. The lowest BCUT2D eigenvalue weighted by molar-refractivity contribution is 0.559. The minimum absolute atomic E-state index is 0.533. The Morgan fingerprint density at radius 2 is 2.16 bits per heavy atom. The number of hydrogen-bond donors (Lipinski definition) is 1. The second-order valence-corrected chi connectivity index (χ2v) is 5.06. The molecule has 0 atom stereocenters. The molecule has 0 aliphatic heterocycles. The van der Waals surface area contributed by atoms with Gasteiger partial charge in [-0.25, -0.2) is 4.98 Å². The van der Waals surface area contributed by atoms with E-state index < -0.39 is 0 Å². The highest BCUT2D eigenvalue weighted by Crippen LogP contribution is 2.13. The Kier molecular flexibility index (Phi) is 5.10. The van der Waals surface area contributed by atoms with E-state index in [4.69, 9.17) is 0 Å². The summed E-state index contributed by atoms with van der Waals surface area (Å²) in [5.41, 5.74) is 2.54. The quantitative estimate of drug-likeness (QED) is 0.776. The molecule has 0 saturated heterocycles. The molecule has 19 heavy (non-hydrogen) atoms. The Hall–Kier alpha value is -1.68. The zero-order valence-corrected chi connectivity index (χ0v) is 11.7. The molecule has 0 unspecified atom stereocenters. The van der Waals surface area contributed by atoms with Crippen LogP contribution in [0.5, 0.6) is 0 Å². The van der Waals surface area contributed by atoms with Crippen molar-refractivity contribution in [2.24, 2.45) is 0 Å². The summed E-state index contributed by atoms with van der Waals surface area (Å²) in [6, 6.07) is 4.06. The van der Waals surface area contributed by atoms with Crippen molar-refractivity contribution in [3.63, 3.8) is 0 Å². The van der Waals surface area contributed by atoms with Crippen LogP contribution in [0.1, 0.15) is 37.4 Å². The van der Waals surface area contributed by atoms with Crippen LogP contribution in [0.3, 0.4) is 0 Å². The number of pyridine rings is 1. The maximum atomic E-state index is 4.22. The zero-order valence-electron chi connectivity index (χ0n) is 11.7. The Labute approximate surface area is 114 Å². The van der Waals surface area contributed by atoms with Gasteiger partial charge in [-0.05, 0) is 30.5 Å². The normalized spacial score (nSPS) is 11.1. The van der Waals surface area contributed by atoms with Crippen LogP contribution < -0.4 is 5.32 Å². The maximum absolute atomic E-state index is 4.22. The van der Waals surface area contributed by atoms with E-state index in [1.807, 2.05) is 24.8 Å². The van der Waals surface area contributed by atoms with Crippen molar-refractivity contribution >= 4 is 0 Å². The third kappa shape index (κ3) is 4.17. The van der Waals surface area contributed by atoms with Gasteiger partial charge in [0.25, 0.3) is 0 Å². The molecule has 1 N–H and O–H groups in total. The molecule has 0 aliphatic carbocycles. The van der Waals surface area contributed by atoms with E-state index in [1.165, 1.54) is 11.3 Å². The van der Waals surface area contributed by atoms with Crippen LogP contribution in [-0.2, 0) is 13.1 Å². The maximum Gasteiger partial charge on any atom is 0.0948 e. The van der Waals surface area contributed by atoms with Crippen molar-refractivity contribution < 1.29 is 0 Å². The molecule has 2 aromatic rings. The number of nitrogens with one attached hydrogen (secondary N) is 1. The summed E-state index contributed by atoms with van der Waals surface area (Å²) < 4.78 is 2.25. The van der Waals surface area contributed by atoms with E-state index in [9.17, 15) is 0 Å². The third-order valence-corrected chi connectivity index (χ3v) is 3.14. The Morgan fingerprint density at radius 3 is 2.89 bits per heavy atom. The summed E-state index contributed by atoms with van der Waals surface area (Å²) in [7, 11) is 0. The van der Waals surface area contributed by atoms with Gasteiger partial charge in [-0.3, -0.25) is 4.98 Å². The summed E-state index contributed by atoms with van der Waals surface area (Å²) in [6.07, 6.45) is 8.70. The average Bonchev–Trinajstić information content (AvgIpc) is 2.88. The Bertz CT molecular complexity index is 476. The highest BCUT2D eigenvalue weighted by atomic mass is 15.0. The first kappa shape index (κ1) is 13.7. The fourth-order valence-electron chi connectivity index (χ4n) is 2.11. The topological polar surface area (TPSA) is 42.7 Å². The van der Waals surface area contributed by atoms with Crippen molar-refractivity contribution in [3.8, 4) is 0 Å². The molecule has 0 bridgehead atoms. The number of rotatable bonds is 7. The van der Waals surface area contributed by atoms with E-state index in [2.05, 4.69) is 39.8 Å². The highest BCUT2D eigenvalue weighted by Gasteiger charge is 2.05. The zero-order chi connectivity index (χ0) is 13.5. The number of hydrogen-bond acceptors (Lipinski definition) is 3. The van der Waals surface area contributed by atoms with E-state index in [-0.39, 0.29) is 0 Å². The molecule has 0 saturated carbocycles. The van der Waals surface area contributed by atoms with Crippen LogP contribution in [0.4, 0.5) is 0 Å². The summed E-state index contributed by atoms with van der Waals surface area (Å²) in [4.78, 5) is 8.33. The molecule has 4 heteroatoms. The monoisotopic (exact) mass is 258 g/mol. The van der Waals surface area contributed by atoms with Crippen molar-refractivity contribution in [2.75, 3.05) is 6.54 Å². The van der Waals surface area contributed by atoms with Gasteiger partial charge in [0.2, 0.25) is 0 Å². The van der Waals surface area contributed by atoms with Crippen molar-refractivity contribution in [3.05, 3.63) is 48.3 Å². The highest BCUT2D eigenvalue weighted by molar-refractivity contribution is 5.07. The molecular weight excluding hydrogens is 236 g/mol. The van der Waals surface area contributed by atoms with Gasteiger partial charge in [0.15, 0.2) is 0 Å². The average molecular weight is 258 g/mol. The number of aromatic nitrogens is 3. The molecule has 102 valence electrons. The van der Waals surface area contributed by atoms with Crippen molar-refractivity contribution in [1.82, 2.24) is 19.9 Å². The van der Waals surface area contributed by atoms with Crippen molar-refractivity contribution in [2.45, 2.75) is 39.3 Å². The standard InChI is InChI=1S/C15H22N4/c1-13(2)15-11-18-12-19(15)8-4-7-17-10-14-5-3-6-16-9-14/h3,5-6,9,11-13,17H,4,7-8,10H2,1-2H3. The second-order valence-electron chi connectivity index (χ2n) is 5.06. The summed E-state index contributed by atoms with van der Waals surface area (Å²) in [5, 5.41) is 3.44. The molecular formula is C15H22N4. The van der Waals surface area contributed by atoms with Crippen LogP contribution in [0.25, 0.3) is 0 Å². The first-order chi connectivity index (χ1) is 9.27. The molecule has 2 rings (SSSR count). The number of aryl methyl sites for hydroxylation is 1. The van der Waals surface area contributed by atoms with Crippen LogP contribution in [0, 0.1) is 0 Å². The minimum atomic E-state index is 0.533. The third-order valence-electron chi connectivity index (χ3n) is 3.14. The first-order valence-electron chi connectivity index (χ1n) is 6.87. The Balaban J connectivity index is 1.68. The lowest BCUT2D eigenvalue weighted by Crippen LogP contribution is -2.17. The molecule has 0 aliphatic rings. The first-order valence-corrected chi connectivity index (χ1v) is 6.87. The van der Waals surface area contributed by atoms with Gasteiger partial charge in [-0.2, -0.15) is 0 Å². The lowest BCUT2D eigenvalue weighted by Gasteiger charge is -2.11. The van der Waals surface area contributed by atoms with Gasteiger partial charge in [-0.15, -0.1) is 0 Å². The molecule has 0 radical (unpaired) electrons. The van der Waals surface area contributed by atoms with Gasteiger partial charge in [0.05, 0.1) is 6.33 Å². The largest absolute Gasteiger partial charge is 0.334 e. The smallest absolute Gasteiger partial charge is 0.0948 e. The van der Waals surface area contributed by atoms with Gasteiger partial charge in [0.1, 0.15) is 0 Å². The van der Waals surface area contributed by atoms with E-state index in [0.717, 1.165) is 26.1 Å². The van der Waals surface area contributed by atoms with Crippen LogP contribution in [0.2, 0.25) is 0 Å². The minimum Gasteiger partial charge on any atom is -0.334 e. The van der Waals surface area contributed by atoms with Gasteiger partial charge >= 0.3 is 0 Å². The summed E-state index contributed by atoms with van der Waals surface area (Å²) in [6.45, 7) is 7.31. The lowest BCUT2D eigenvalue weighted by atomic mass is 10.1. The van der Waals surface area contributed by atoms with Crippen LogP contribution in [0.15, 0.2) is 37.1 Å². The van der Waals surface area contributed by atoms with E-state index >= 15 is 0 Å². The fourth-order valence-corrected chi connectivity index (χ4v) is 2.11. The second kappa shape index (κ2) is 7.04. The molecule has 0 aromatic carbocycles. The van der Waals surface area contributed by atoms with Gasteiger partial charge in [-0.1, -0.05) is 19.9 Å². The molecule has 0 spiro atoms. The predicted molar refractivity (Wildman–Crippen MR) is 76.9 cm³/mol. The molecule has 2 heterocycles. The van der Waals surface area contributed by atoms with Crippen LogP contribution >= 0.6 is 0 Å². The molecule has 0 fully saturated rings. The molecule has 0 amide bonds. The number of nitrogens with zero attached hydrogens (tertiary/aromatic N) is 3. The molecule has 2 aromatic heterocycles. The summed E-state index contributed by atoms with van der Waals surface area (Å²) in [5.74, 6) is 0.533. The fraction of sp³-hybridized carbons (Fsp3) is 0.467. The molecule has 4 nitrogen and oxygen atoms in total. The number of imidazole rings is 1. The van der Waals surface area contributed by atoms with E-state index in [0.29, 0.717) is 5.92 Å². The van der Waals surface area contributed by atoms with E-state index in [1.54, 1.807) is 6.20 Å².